The summed E-state index contributed by atoms with van der Waals surface area (Å²) in [6, 6.07) is 7.20. The molecule has 0 saturated heterocycles. The Balaban J connectivity index is 2.55. The van der Waals surface area contributed by atoms with E-state index in [9.17, 15) is 4.79 Å². The Bertz CT molecular complexity index is 546. The number of ether oxygens (including phenoxy) is 1. The smallest absolute Gasteiger partial charge is 0.450 e. The number of rotatable bonds is 6. The van der Waals surface area contributed by atoms with Crippen LogP contribution in [-0.4, -0.2) is 16.9 Å². The number of carboxylic acid groups (broad SMARTS) is 1. The Kier molecular flexibility index (Phi) is 5.62. The van der Waals surface area contributed by atoms with Crippen LogP contribution in [0.25, 0.3) is 16.5 Å². The summed E-state index contributed by atoms with van der Waals surface area (Å²) < 4.78 is 4.77. The molecule has 0 atom stereocenters. The lowest BCUT2D eigenvalue weighted by molar-refractivity contribution is -0.000316. The molecule has 0 fully saturated rings. The van der Waals surface area contributed by atoms with Gasteiger partial charge in [0, 0.05) is 10.6 Å². The zero-order valence-electron chi connectivity index (χ0n) is 11.5. The Morgan fingerprint density at radius 1 is 1.55 bits per heavy atom. The molecule has 20 heavy (non-hydrogen) atoms. The van der Waals surface area contributed by atoms with Crippen LogP contribution in [0.3, 0.4) is 0 Å². The molecular weight excluding hydrogens is 258 g/mol. The predicted octanol–water partition coefficient (Wildman–Crippen LogP) is 4.90. The Labute approximate surface area is 117 Å². The largest absolute Gasteiger partial charge is 0.506 e. The van der Waals surface area contributed by atoms with Crippen molar-refractivity contribution in [3.8, 4) is 0 Å². The Morgan fingerprint density at radius 2 is 2.30 bits per heavy atom. The zero-order valence-corrected chi connectivity index (χ0v) is 11.5. The fourth-order valence-electron chi connectivity index (χ4n) is 1.68. The molecule has 0 aliphatic heterocycles. The lowest BCUT2D eigenvalue weighted by Gasteiger charge is -2.22. The van der Waals surface area contributed by atoms with E-state index >= 15 is 0 Å². The third-order valence-corrected chi connectivity index (χ3v) is 2.62. The van der Waals surface area contributed by atoms with E-state index in [1.807, 2.05) is 18.2 Å². The lowest BCUT2D eigenvalue weighted by atomic mass is 10.0. The molecule has 1 aromatic carbocycles. The van der Waals surface area contributed by atoms with Gasteiger partial charge < -0.3 is 9.84 Å². The maximum atomic E-state index is 10.5. The van der Waals surface area contributed by atoms with Crippen LogP contribution >= 0.6 is 0 Å². The van der Waals surface area contributed by atoms with Crippen molar-refractivity contribution in [2.24, 2.45) is 5.11 Å². The first-order valence-electron chi connectivity index (χ1n) is 6.16. The van der Waals surface area contributed by atoms with Gasteiger partial charge >= 0.3 is 6.16 Å². The molecule has 0 radical (unpaired) electrons. The van der Waals surface area contributed by atoms with Gasteiger partial charge in [0.25, 0.3) is 0 Å². The van der Waals surface area contributed by atoms with Crippen molar-refractivity contribution in [1.29, 1.82) is 0 Å². The number of azide groups is 1. The molecule has 0 aromatic heterocycles. The summed E-state index contributed by atoms with van der Waals surface area (Å²) in [5, 5.41) is 12.1. The van der Waals surface area contributed by atoms with E-state index in [-0.39, 0.29) is 0 Å². The van der Waals surface area contributed by atoms with Gasteiger partial charge in [0.15, 0.2) is 0 Å². The SMILES string of the molecule is CC(C)(CC/C=C/c1cccc(N=[N+]=[N-])c1)OC(=O)O. The van der Waals surface area contributed by atoms with Crippen LogP contribution in [-0.2, 0) is 4.74 Å². The molecule has 1 aromatic rings. The first kappa shape index (κ1) is 15.6. The van der Waals surface area contributed by atoms with Crippen molar-refractivity contribution in [1.82, 2.24) is 0 Å². The molecule has 0 amide bonds. The lowest BCUT2D eigenvalue weighted by Crippen LogP contribution is -2.26. The standard InChI is InChI=1S/C14H17N3O3/c1-14(2,20-13(18)19)9-4-3-6-11-7-5-8-12(10-11)16-17-15/h3,5-8,10H,4,9H2,1-2H3,(H,18,19)/b6-3+. The maximum Gasteiger partial charge on any atom is 0.506 e. The second-order valence-electron chi connectivity index (χ2n) is 4.85. The van der Waals surface area contributed by atoms with Crippen LogP contribution in [0.2, 0.25) is 0 Å². The van der Waals surface area contributed by atoms with E-state index in [1.165, 1.54) is 0 Å². The molecule has 1 N–H and O–H groups in total. The van der Waals surface area contributed by atoms with Crippen LogP contribution < -0.4 is 0 Å². The van der Waals surface area contributed by atoms with E-state index in [1.54, 1.807) is 32.0 Å². The zero-order chi connectivity index (χ0) is 15.0. The molecule has 1 rings (SSSR count). The van der Waals surface area contributed by atoms with Crippen molar-refractivity contribution in [2.75, 3.05) is 0 Å². The summed E-state index contributed by atoms with van der Waals surface area (Å²) in [5.41, 5.74) is 9.14. The molecular formula is C14H17N3O3. The van der Waals surface area contributed by atoms with Gasteiger partial charge in [-0.2, -0.15) is 0 Å². The summed E-state index contributed by atoms with van der Waals surface area (Å²) in [7, 11) is 0. The molecule has 0 spiro atoms. The summed E-state index contributed by atoms with van der Waals surface area (Å²) in [6.07, 6.45) is 3.84. The highest BCUT2D eigenvalue weighted by Gasteiger charge is 2.21. The molecule has 6 heteroatoms. The quantitative estimate of drug-likeness (QED) is 0.346. The second kappa shape index (κ2) is 7.21. The summed E-state index contributed by atoms with van der Waals surface area (Å²) >= 11 is 0. The minimum Gasteiger partial charge on any atom is -0.450 e. The highest BCUT2D eigenvalue weighted by molar-refractivity contribution is 5.57. The van der Waals surface area contributed by atoms with Crippen LogP contribution in [0.5, 0.6) is 0 Å². The highest BCUT2D eigenvalue weighted by atomic mass is 16.7. The van der Waals surface area contributed by atoms with Gasteiger partial charge in [0.1, 0.15) is 5.60 Å². The summed E-state index contributed by atoms with van der Waals surface area (Å²) in [5.74, 6) is 0. The third kappa shape index (κ3) is 5.93. The van der Waals surface area contributed by atoms with Gasteiger partial charge in [-0.25, -0.2) is 4.79 Å². The molecule has 106 valence electrons. The maximum absolute atomic E-state index is 10.5. The Hall–Kier alpha value is -2.46. The van der Waals surface area contributed by atoms with E-state index in [2.05, 4.69) is 10.0 Å². The first-order chi connectivity index (χ1) is 9.43. The highest BCUT2D eigenvalue weighted by Crippen LogP contribution is 2.19. The molecule has 0 heterocycles. The van der Waals surface area contributed by atoms with Gasteiger partial charge in [-0.3, -0.25) is 0 Å². The minimum atomic E-state index is -1.26. The van der Waals surface area contributed by atoms with E-state index in [4.69, 9.17) is 15.4 Å². The summed E-state index contributed by atoms with van der Waals surface area (Å²) in [6.45, 7) is 3.47. The third-order valence-electron chi connectivity index (χ3n) is 2.62. The average molecular weight is 275 g/mol. The van der Waals surface area contributed by atoms with Gasteiger partial charge in [0.2, 0.25) is 0 Å². The van der Waals surface area contributed by atoms with Crippen LogP contribution in [0.4, 0.5) is 10.5 Å². The van der Waals surface area contributed by atoms with Gasteiger partial charge in [0.05, 0.1) is 0 Å². The molecule has 0 aliphatic rings. The molecule has 0 unspecified atom stereocenters. The van der Waals surface area contributed by atoms with Crippen LogP contribution in [0, 0.1) is 0 Å². The predicted molar refractivity (Wildman–Crippen MR) is 76.7 cm³/mol. The van der Waals surface area contributed by atoms with Crippen molar-refractivity contribution in [3.05, 3.63) is 46.3 Å². The van der Waals surface area contributed by atoms with E-state index in [0.717, 1.165) is 5.56 Å². The number of carbonyl (C=O) groups is 1. The Morgan fingerprint density at radius 3 is 2.95 bits per heavy atom. The fraction of sp³-hybridized carbons (Fsp3) is 0.357. The van der Waals surface area contributed by atoms with Crippen molar-refractivity contribution >= 4 is 17.9 Å². The van der Waals surface area contributed by atoms with Gasteiger partial charge in [-0.05, 0) is 43.9 Å². The number of benzene rings is 1. The summed E-state index contributed by atoms with van der Waals surface area (Å²) in [4.78, 5) is 13.2. The van der Waals surface area contributed by atoms with Crippen LogP contribution in [0.15, 0.2) is 35.5 Å². The van der Waals surface area contributed by atoms with E-state index < -0.39 is 11.8 Å². The van der Waals surface area contributed by atoms with Gasteiger partial charge in [-0.1, -0.05) is 35.5 Å². The fourth-order valence-corrected chi connectivity index (χ4v) is 1.68. The van der Waals surface area contributed by atoms with Crippen LogP contribution in [0.1, 0.15) is 32.3 Å². The van der Waals surface area contributed by atoms with Crippen molar-refractivity contribution in [3.63, 3.8) is 0 Å². The number of nitrogens with zero attached hydrogens (tertiary/aromatic N) is 3. The number of hydrogen-bond donors (Lipinski definition) is 1. The minimum absolute atomic E-state index is 0.559. The van der Waals surface area contributed by atoms with Crippen molar-refractivity contribution in [2.45, 2.75) is 32.3 Å². The number of hydrogen-bond acceptors (Lipinski definition) is 3. The normalized spacial score (nSPS) is 11.1. The van der Waals surface area contributed by atoms with E-state index in [0.29, 0.717) is 18.5 Å². The topological polar surface area (TPSA) is 95.3 Å². The molecule has 0 aliphatic carbocycles. The molecule has 6 nitrogen and oxygen atoms in total. The molecule has 0 saturated carbocycles. The molecule has 0 bridgehead atoms. The average Bonchev–Trinajstić information content (AvgIpc) is 2.34. The van der Waals surface area contributed by atoms with Gasteiger partial charge in [-0.15, -0.1) is 0 Å². The number of allylic oxidation sites excluding steroid dienone is 1. The second-order valence-corrected chi connectivity index (χ2v) is 4.85. The van der Waals surface area contributed by atoms with Crippen molar-refractivity contribution < 1.29 is 14.6 Å². The monoisotopic (exact) mass is 275 g/mol. The first-order valence-corrected chi connectivity index (χ1v) is 6.16.